The van der Waals surface area contributed by atoms with Gasteiger partial charge >= 0.3 is 0 Å². The minimum atomic E-state index is 0.712. The highest BCUT2D eigenvalue weighted by Crippen LogP contribution is 2.17. The van der Waals surface area contributed by atoms with Crippen molar-refractivity contribution in [3.8, 4) is 6.07 Å². The Hall–Kier alpha value is -1.21. The second-order valence-electron chi connectivity index (χ2n) is 4.66. The predicted octanol–water partition coefficient (Wildman–Crippen LogP) is 0.872. The van der Waals surface area contributed by atoms with E-state index in [0.717, 1.165) is 38.4 Å². The maximum absolute atomic E-state index is 9.18. The summed E-state index contributed by atoms with van der Waals surface area (Å²) in [6.07, 6.45) is 4.89. The predicted molar refractivity (Wildman–Crippen MR) is 63.3 cm³/mol. The fourth-order valence-corrected chi connectivity index (χ4v) is 2.54. The molecule has 0 amide bonds. The third-order valence-corrected chi connectivity index (χ3v) is 3.42. The van der Waals surface area contributed by atoms with E-state index in [-0.39, 0.29) is 0 Å². The van der Waals surface area contributed by atoms with Crippen molar-refractivity contribution in [3.63, 3.8) is 0 Å². The largest absolute Gasteiger partial charge is 0.399 e. The van der Waals surface area contributed by atoms with Gasteiger partial charge in [-0.2, -0.15) is 5.26 Å². The number of allylic oxidation sites excluding steroid dienone is 1. The summed E-state index contributed by atoms with van der Waals surface area (Å²) in [6.45, 7) is 4.99. The Kier molecular flexibility index (Phi) is 3.68. The van der Waals surface area contributed by atoms with Crippen LogP contribution in [-0.2, 0) is 0 Å². The third-order valence-electron chi connectivity index (χ3n) is 3.42. The highest BCUT2D eigenvalue weighted by molar-refractivity contribution is 5.26. The van der Waals surface area contributed by atoms with Crippen molar-refractivity contribution in [1.29, 1.82) is 5.26 Å². The van der Waals surface area contributed by atoms with Gasteiger partial charge in [0.2, 0.25) is 0 Å². The van der Waals surface area contributed by atoms with Gasteiger partial charge in [0.15, 0.2) is 0 Å². The summed E-state index contributed by atoms with van der Waals surface area (Å²) in [4.78, 5) is 4.47. The molecule has 16 heavy (non-hydrogen) atoms. The first-order valence-electron chi connectivity index (χ1n) is 6.17. The second kappa shape index (κ2) is 5.22. The van der Waals surface area contributed by atoms with E-state index in [9.17, 15) is 5.26 Å². The minimum absolute atomic E-state index is 0.712. The van der Waals surface area contributed by atoms with Crippen LogP contribution in [0.4, 0.5) is 0 Å². The Bertz CT molecular complexity index is 303. The molecule has 2 saturated heterocycles. The SMILES string of the molecule is N#C/C(=C(/N)CN1CCCC1)N1CCCC1. The lowest BCUT2D eigenvalue weighted by Crippen LogP contribution is -2.29. The van der Waals surface area contributed by atoms with Gasteiger partial charge in [-0.3, -0.25) is 4.90 Å². The van der Waals surface area contributed by atoms with Crippen LogP contribution in [0.15, 0.2) is 11.4 Å². The molecule has 2 fully saturated rings. The standard InChI is InChI=1S/C12H20N4/c13-9-12(16-7-3-4-8-16)11(14)10-15-5-1-2-6-15/h1-8,10,14H2/b12-11-. The van der Waals surface area contributed by atoms with E-state index >= 15 is 0 Å². The molecule has 0 bridgehead atoms. The van der Waals surface area contributed by atoms with Gasteiger partial charge in [0.05, 0.1) is 5.70 Å². The summed E-state index contributed by atoms with van der Waals surface area (Å²) >= 11 is 0. The average molecular weight is 220 g/mol. The van der Waals surface area contributed by atoms with Gasteiger partial charge in [-0.05, 0) is 38.8 Å². The zero-order valence-electron chi connectivity index (χ0n) is 9.78. The second-order valence-corrected chi connectivity index (χ2v) is 4.66. The van der Waals surface area contributed by atoms with Gasteiger partial charge < -0.3 is 10.6 Å². The Labute approximate surface area is 97.3 Å². The summed E-state index contributed by atoms with van der Waals surface area (Å²) in [5.41, 5.74) is 7.53. The molecule has 88 valence electrons. The minimum Gasteiger partial charge on any atom is -0.399 e. The van der Waals surface area contributed by atoms with Crippen LogP contribution in [0.25, 0.3) is 0 Å². The van der Waals surface area contributed by atoms with Crippen LogP contribution in [0, 0.1) is 11.3 Å². The lowest BCUT2D eigenvalue weighted by Gasteiger charge is -2.21. The summed E-state index contributed by atoms with van der Waals surface area (Å²) in [6, 6.07) is 2.27. The maximum Gasteiger partial charge on any atom is 0.136 e. The molecule has 0 saturated carbocycles. The molecule has 0 radical (unpaired) electrons. The molecule has 2 rings (SSSR count). The van der Waals surface area contributed by atoms with Gasteiger partial charge in [-0.15, -0.1) is 0 Å². The highest BCUT2D eigenvalue weighted by atomic mass is 15.2. The Morgan fingerprint density at radius 1 is 1.06 bits per heavy atom. The van der Waals surface area contributed by atoms with E-state index in [1.165, 1.54) is 25.7 Å². The average Bonchev–Trinajstić information content (AvgIpc) is 2.91. The number of hydrogen-bond acceptors (Lipinski definition) is 4. The first kappa shape index (κ1) is 11.3. The summed E-state index contributed by atoms with van der Waals surface area (Å²) in [5, 5.41) is 9.18. The molecule has 0 aromatic carbocycles. The zero-order valence-corrected chi connectivity index (χ0v) is 9.78. The Morgan fingerprint density at radius 2 is 1.62 bits per heavy atom. The lowest BCUT2D eigenvalue weighted by molar-refractivity contribution is 0.357. The summed E-state index contributed by atoms with van der Waals surface area (Å²) in [5.74, 6) is 0. The molecular weight excluding hydrogens is 200 g/mol. The molecule has 0 aromatic rings. The summed E-state index contributed by atoms with van der Waals surface area (Å²) < 4.78 is 0. The molecule has 4 heteroatoms. The van der Waals surface area contributed by atoms with E-state index in [1.807, 2.05) is 0 Å². The topological polar surface area (TPSA) is 56.3 Å². The van der Waals surface area contributed by atoms with Crippen LogP contribution in [-0.4, -0.2) is 42.5 Å². The molecule has 0 atom stereocenters. The van der Waals surface area contributed by atoms with E-state index in [2.05, 4.69) is 15.9 Å². The van der Waals surface area contributed by atoms with Gasteiger partial charge in [-0.1, -0.05) is 0 Å². The van der Waals surface area contributed by atoms with Crippen LogP contribution in [0.5, 0.6) is 0 Å². The number of nitriles is 1. The molecule has 0 spiro atoms. The molecule has 0 unspecified atom stereocenters. The van der Waals surface area contributed by atoms with Gasteiger partial charge in [0.1, 0.15) is 11.8 Å². The fourth-order valence-electron chi connectivity index (χ4n) is 2.54. The number of hydrogen-bond donors (Lipinski definition) is 1. The van der Waals surface area contributed by atoms with Crippen LogP contribution < -0.4 is 5.73 Å². The van der Waals surface area contributed by atoms with Crippen molar-refractivity contribution >= 4 is 0 Å². The van der Waals surface area contributed by atoms with E-state index in [0.29, 0.717) is 5.70 Å². The van der Waals surface area contributed by atoms with Crippen LogP contribution in [0.1, 0.15) is 25.7 Å². The van der Waals surface area contributed by atoms with Gasteiger partial charge in [-0.25, -0.2) is 0 Å². The van der Waals surface area contributed by atoms with Crippen molar-refractivity contribution < 1.29 is 0 Å². The summed E-state index contributed by atoms with van der Waals surface area (Å²) in [7, 11) is 0. The molecule has 2 heterocycles. The smallest absolute Gasteiger partial charge is 0.136 e. The van der Waals surface area contributed by atoms with Crippen LogP contribution in [0.2, 0.25) is 0 Å². The van der Waals surface area contributed by atoms with Crippen molar-refractivity contribution in [2.75, 3.05) is 32.7 Å². The van der Waals surface area contributed by atoms with Crippen molar-refractivity contribution in [2.45, 2.75) is 25.7 Å². The van der Waals surface area contributed by atoms with E-state index < -0.39 is 0 Å². The van der Waals surface area contributed by atoms with Crippen molar-refractivity contribution in [2.24, 2.45) is 5.73 Å². The van der Waals surface area contributed by atoms with E-state index in [4.69, 9.17) is 5.73 Å². The van der Waals surface area contributed by atoms with Crippen molar-refractivity contribution in [1.82, 2.24) is 9.80 Å². The third kappa shape index (κ3) is 2.48. The monoisotopic (exact) mass is 220 g/mol. The van der Waals surface area contributed by atoms with Crippen LogP contribution >= 0.6 is 0 Å². The number of rotatable bonds is 3. The molecule has 2 aliphatic heterocycles. The number of nitrogens with two attached hydrogens (primary N) is 1. The molecular formula is C12H20N4. The molecule has 4 nitrogen and oxygen atoms in total. The Balaban J connectivity index is 2.01. The quantitative estimate of drug-likeness (QED) is 0.717. The van der Waals surface area contributed by atoms with E-state index in [1.54, 1.807) is 0 Å². The maximum atomic E-state index is 9.18. The molecule has 2 N–H and O–H groups in total. The molecule has 2 aliphatic rings. The first-order valence-corrected chi connectivity index (χ1v) is 6.17. The fraction of sp³-hybridized carbons (Fsp3) is 0.750. The number of likely N-dealkylation sites (tertiary alicyclic amines) is 2. The normalized spacial score (nSPS) is 23.3. The van der Waals surface area contributed by atoms with Gasteiger partial charge in [0.25, 0.3) is 0 Å². The van der Waals surface area contributed by atoms with Gasteiger partial charge in [0, 0.05) is 19.6 Å². The highest BCUT2D eigenvalue weighted by Gasteiger charge is 2.19. The first-order chi connectivity index (χ1) is 7.81. The zero-order chi connectivity index (χ0) is 11.4. The molecule has 0 aliphatic carbocycles. The number of nitrogens with zero attached hydrogens (tertiary/aromatic N) is 3. The van der Waals surface area contributed by atoms with Crippen LogP contribution in [0.3, 0.4) is 0 Å². The van der Waals surface area contributed by atoms with Crippen molar-refractivity contribution in [3.05, 3.63) is 11.4 Å². The molecule has 0 aromatic heterocycles. The Morgan fingerprint density at radius 3 is 2.19 bits per heavy atom. The lowest BCUT2D eigenvalue weighted by atomic mass is 10.3.